The Kier molecular flexibility index (Phi) is 3.91. The average molecular weight is 325 g/mol. The van der Waals surface area contributed by atoms with Crippen molar-refractivity contribution in [3.63, 3.8) is 0 Å². The molecule has 1 aromatic heterocycles. The summed E-state index contributed by atoms with van der Waals surface area (Å²) in [6, 6.07) is 7.21. The van der Waals surface area contributed by atoms with Gasteiger partial charge in [0.25, 0.3) is 0 Å². The predicted octanol–water partition coefficient (Wildman–Crippen LogP) is 3.71. The van der Waals surface area contributed by atoms with E-state index in [1.807, 2.05) is 13.0 Å². The molecule has 2 atom stereocenters. The molecule has 110 valence electrons. The highest BCUT2D eigenvalue weighted by atomic mass is 35.5. The van der Waals surface area contributed by atoms with E-state index in [9.17, 15) is 4.79 Å². The van der Waals surface area contributed by atoms with Gasteiger partial charge in [-0.1, -0.05) is 34.4 Å². The molecule has 3 rings (SSSR count). The summed E-state index contributed by atoms with van der Waals surface area (Å²) >= 11 is 12.1. The van der Waals surface area contributed by atoms with E-state index in [0.29, 0.717) is 16.6 Å². The molecule has 0 unspecified atom stereocenters. The standard InChI is InChI=1S/C15H14Cl2N2O2/c1-8-4-10(19-21-8)7-18-15(20)13-6-12(13)11-3-2-9(16)5-14(11)17/h2-5,12-13H,6-7H2,1H3,(H,18,20)/t12-,13-/m0/s1. The molecule has 4 nitrogen and oxygen atoms in total. The number of carbonyl (C=O) groups excluding carboxylic acids is 1. The van der Waals surface area contributed by atoms with Crippen LogP contribution in [0.4, 0.5) is 0 Å². The molecule has 0 saturated heterocycles. The lowest BCUT2D eigenvalue weighted by atomic mass is 10.1. The highest BCUT2D eigenvalue weighted by Gasteiger charge is 2.44. The molecule has 2 aromatic rings. The van der Waals surface area contributed by atoms with Crippen molar-refractivity contribution in [2.24, 2.45) is 5.92 Å². The van der Waals surface area contributed by atoms with Crippen LogP contribution in [0.5, 0.6) is 0 Å². The van der Waals surface area contributed by atoms with Crippen LogP contribution < -0.4 is 5.32 Å². The van der Waals surface area contributed by atoms with Crippen LogP contribution in [-0.2, 0) is 11.3 Å². The van der Waals surface area contributed by atoms with E-state index in [2.05, 4.69) is 10.5 Å². The molecular formula is C15H14Cl2N2O2. The Morgan fingerprint density at radius 1 is 1.43 bits per heavy atom. The van der Waals surface area contributed by atoms with Gasteiger partial charge in [-0.15, -0.1) is 0 Å². The van der Waals surface area contributed by atoms with Gasteiger partial charge in [-0.05, 0) is 37.0 Å². The Bertz CT molecular complexity index is 684. The van der Waals surface area contributed by atoms with Crippen molar-refractivity contribution in [1.29, 1.82) is 0 Å². The van der Waals surface area contributed by atoms with E-state index >= 15 is 0 Å². The summed E-state index contributed by atoms with van der Waals surface area (Å²) in [5.74, 6) is 0.897. The van der Waals surface area contributed by atoms with Crippen LogP contribution in [0.3, 0.4) is 0 Å². The third-order valence-electron chi connectivity index (χ3n) is 3.61. The zero-order valence-electron chi connectivity index (χ0n) is 11.4. The second kappa shape index (κ2) is 5.70. The van der Waals surface area contributed by atoms with Crippen LogP contribution >= 0.6 is 23.2 Å². The lowest BCUT2D eigenvalue weighted by Gasteiger charge is -2.05. The summed E-state index contributed by atoms with van der Waals surface area (Å²) in [5, 5.41) is 7.94. The molecule has 0 bridgehead atoms. The molecule has 1 fully saturated rings. The van der Waals surface area contributed by atoms with Crippen LogP contribution in [0.2, 0.25) is 10.0 Å². The number of nitrogens with one attached hydrogen (secondary N) is 1. The number of rotatable bonds is 4. The Labute approximate surface area is 132 Å². The minimum atomic E-state index is -0.0309. The minimum Gasteiger partial charge on any atom is -0.361 e. The van der Waals surface area contributed by atoms with Crippen molar-refractivity contribution in [3.05, 3.63) is 51.3 Å². The van der Waals surface area contributed by atoms with Crippen LogP contribution in [0, 0.1) is 12.8 Å². The third-order valence-corrected chi connectivity index (χ3v) is 4.17. The summed E-state index contributed by atoms with van der Waals surface area (Å²) in [6.07, 6.45) is 0.811. The number of halogens is 2. The zero-order chi connectivity index (χ0) is 15.0. The van der Waals surface area contributed by atoms with Crippen molar-refractivity contribution >= 4 is 29.1 Å². The summed E-state index contributed by atoms with van der Waals surface area (Å²) in [5.41, 5.74) is 1.71. The highest BCUT2D eigenvalue weighted by Crippen LogP contribution is 2.50. The number of carbonyl (C=O) groups is 1. The lowest BCUT2D eigenvalue weighted by molar-refractivity contribution is -0.122. The number of hydrogen-bond donors (Lipinski definition) is 1. The summed E-state index contributed by atoms with van der Waals surface area (Å²) < 4.78 is 4.96. The van der Waals surface area contributed by atoms with E-state index in [1.165, 1.54) is 0 Å². The fourth-order valence-corrected chi connectivity index (χ4v) is 2.99. The van der Waals surface area contributed by atoms with Crippen LogP contribution in [-0.4, -0.2) is 11.1 Å². The first-order chi connectivity index (χ1) is 10.0. The van der Waals surface area contributed by atoms with Gasteiger partial charge in [-0.25, -0.2) is 0 Å². The van der Waals surface area contributed by atoms with E-state index < -0.39 is 0 Å². The van der Waals surface area contributed by atoms with Gasteiger partial charge >= 0.3 is 0 Å². The molecule has 1 heterocycles. The van der Waals surface area contributed by atoms with Crippen molar-refractivity contribution in [1.82, 2.24) is 10.5 Å². The number of nitrogens with zero attached hydrogens (tertiary/aromatic N) is 1. The number of aromatic nitrogens is 1. The smallest absolute Gasteiger partial charge is 0.224 e. The largest absolute Gasteiger partial charge is 0.361 e. The quantitative estimate of drug-likeness (QED) is 0.932. The van der Waals surface area contributed by atoms with Crippen LogP contribution in [0.25, 0.3) is 0 Å². The number of benzene rings is 1. The van der Waals surface area contributed by atoms with Gasteiger partial charge < -0.3 is 9.84 Å². The van der Waals surface area contributed by atoms with Gasteiger partial charge in [-0.3, -0.25) is 4.79 Å². The highest BCUT2D eigenvalue weighted by molar-refractivity contribution is 6.35. The molecule has 1 saturated carbocycles. The van der Waals surface area contributed by atoms with E-state index in [0.717, 1.165) is 23.4 Å². The van der Waals surface area contributed by atoms with Gasteiger partial charge in [0, 0.05) is 22.0 Å². The minimum absolute atomic E-state index is 0.0201. The lowest BCUT2D eigenvalue weighted by Crippen LogP contribution is -2.25. The van der Waals surface area contributed by atoms with E-state index in [1.54, 1.807) is 18.2 Å². The van der Waals surface area contributed by atoms with Crippen LogP contribution in [0.1, 0.15) is 29.4 Å². The molecule has 0 aliphatic heterocycles. The summed E-state index contributed by atoms with van der Waals surface area (Å²) in [7, 11) is 0. The molecule has 1 aromatic carbocycles. The maximum atomic E-state index is 12.1. The van der Waals surface area contributed by atoms with E-state index in [-0.39, 0.29) is 17.7 Å². The molecule has 0 spiro atoms. The van der Waals surface area contributed by atoms with Crippen LogP contribution in [0.15, 0.2) is 28.8 Å². The van der Waals surface area contributed by atoms with Crippen molar-refractivity contribution in [2.45, 2.75) is 25.8 Å². The molecule has 1 N–H and O–H groups in total. The molecular weight excluding hydrogens is 311 g/mol. The average Bonchev–Trinajstić information content (AvgIpc) is 3.11. The third kappa shape index (κ3) is 3.22. The topological polar surface area (TPSA) is 55.1 Å². The Morgan fingerprint density at radius 3 is 2.90 bits per heavy atom. The second-order valence-electron chi connectivity index (χ2n) is 5.26. The van der Waals surface area contributed by atoms with Crippen molar-refractivity contribution in [3.8, 4) is 0 Å². The van der Waals surface area contributed by atoms with Gasteiger partial charge in [0.05, 0.1) is 6.54 Å². The predicted molar refractivity (Wildman–Crippen MR) is 80.4 cm³/mol. The van der Waals surface area contributed by atoms with Gasteiger partial charge in [0.15, 0.2) is 0 Å². The molecule has 1 aliphatic carbocycles. The molecule has 6 heteroatoms. The van der Waals surface area contributed by atoms with Crippen molar-refractivity contribution in [2.75, 3.05) is 0 Å². The molecule has 21 heavy (non-hydrogen) atoms. The zero-order valence-corrected chi connectivity index (χ0v) is 12.9. The first kappa shape index (κ1) is 14.4. The maximum Gasteiger partial charge on any atom is 0.224 e. The monoisotopic (exact) mass is 324 g/mol. The number of amides is 1. The number of aryl methyl sites for hydroxylation is 1. The fraction of sp³-hybridized carbons (Fsp3) is 0.333. The van der Waals surface area contributed by atoms with Gasteiger partial charge in [-0.2, -0.15) is 0 Å². The number of hydrogen-bond acceptors (Lipinski definition) is 3. The first-order valence-corrected chi connectivity index (χ1v) is 7.45. The molecule has 1 amide bonds. The SMILES string of the molecule is Cc1cc(CNC(=O)[C@H]2C[C@H]2c2ccc(Cl)cc2Cl)no1. The Morgan fingerprint density at radius 2 is 2.24 bits per heavy atom. The second-order valence-corrected chi connectivity index (χ2v) is 6.10. The fourth-order valence-electron chi connectivity index (χ4n) is 2.44. The maximum absolute atomic E-state index is 12.1. The van der Waals surface area contributed by atoms with Gasteiger partial charge in [0.2, 0.25) is 5.91 Å². The van der Waals surface area contributed by atoms with Crippen molar-refractivity contribution < 1.29 is 9.32 Å². The summed E-state index contributed by atoms with van der Waals surface area (Å²) in [4.78, 5) is 12.1. The molecule has 0 radical (unpaired) electrons. The Hall–Kier alpha value is -1.52. The normalized spacial score (nSPS) is 20.3. The van der Waals surface area contributed by atoms with E-state index in [4.69, 9.17) is 27.7 Å². The first-order valence-electron chi connectivity index (χ1n) is 6.69. The van der Waals surface area contributed by atoms with Gasteiger partial charge in [0.1, 0.15) is 11.5 Å². The Balaban J connectivity index is 1.58. The summed E-state index contributed by atoms with van der Waals surface area (Å²) in [6.45, 7) is 2.20. The molecule has 1 aliphatic rings.